The molecule has 3 rings (SSSR count). The summed E-state index contributed by atoms with van der Waals surface area (Å²) in [6.07, 6.45) is 6.16. The average molecular weight is 285 g/mol. The summed E-state index contributed by atoms with van der Waals surface area (Å²) in [4.78, 5) is 8.49. The lowest BCUT2D eigenvalue weighted by atomic mass is 10.2. The first-order valence-electron chi connectivity index (χ1n) is 7.13. The van der Waals surface area contributed by atoms with Gasteiger partial charge in [0.15, 0.2) is 0 Å². The van der Waals surface area contributed by atoms with Crippen LogP contribution in [0.25, 0.3) is 0 Å². The van der Waals surface area contributed by atoms with E-state index in [2.05, 4.69) is 15.3 Å². The van der Waals surface area contributed by atoms with Gasteiger partial charge in [0, 0.05) is 37.7 Å². The third kappa shape index (κ3) is 4.24. The van der Waals surface area contributed by atoms with Gasteiger partial charge in [-0.15, -0.1) is 0 Å². The third-order valence-corrected chi connectivity index (χ3v) is 3.27. The summed E-state index contributed by atoms with van der Waals surface area (Å²) in [7, 11) is 1.67. The van der Waals surface area contributed by atoms with Gasteiger partial charge in [-0.1, -0.05) is 12.1 Å². The van der Waals surface area contributed by atoms with Crippen molar-refractivity contribution >= 4 is 0 Å². The van der Waals surface area contributed by atoms with Crippen molar-refractivity contribution in [2.45, 2.75) is 32.0 Å². The lowest BCUT2D eigenvalue weighted by molar-refractivity contribution is 0.184. The van der Waals surface area contributed by atoms with Gasteiger partial charge in [0.25, 0.3) is 0 Å². The highest BCUT2D eigenvalue weighted by atomic mass is 16.5. The van der Waals surface area contributed by atoms with Crippen molar-refractivity contribution in [3.05, 3.63) is 47.8 Å². The van der Waals surface area contributed by atoms with Gasteiger partial charge in [-0.05, 0) is 30.5 Å². The highest BCUT2D eigenvalue weighted by Gasteiger charge is 2.19. The van der Waals surface area contributed by atoms with E-state index in [4.69, 9.17) is 9.47 Å². The van der Waals surface area contributed by atoms with E-state index in [1.807, 2.05) is 24.3 Å². The summed E-state index contributed by atoms with van der Waals surface area (Å²) in [6, 6.07) is 8.77. The van der Waals surface area contributed by atoms with Gasteiger partial charge in [-0.3, -0.25) is 0 Å². The van der Waals surface area contributed by atoms with Crippen molar-refractivity contribution in [2.24, 2.45) is 0 Å². The van der Waals surface area contributed by atoms with Crippen molar-refractivity contribution in [3.63, 3.8) is 0 Å². The van der Waals surface area contributed by atoms with Crippen LogP contribution in [0.1, 0.15) is 24.0 Å². The Morgan fingerprint density at radius 2 is 2.00 bits per heavy atom. The highest BCUT2D eigenvalue weighted by molar-refractivity contribution is 5.30. The van der Waals surface area contributed by atoms with Crippen molar-refractivity contribution in [3.8, 4) is 11.8 Å². The molecule has 0 amide bonds. The molecule has 1 aromatic heterocycles. The number of aromatic nitrogens is 2. The molecule has 1 fully saturated rings. The lowest BCUT2D eigenvalue weighted by Crippen LogP contribution is -2.15. The Morgan fingerprint density at radius 3 is 2.71 bits per heavy atom. The van der Waals surface area contributed by atoms with E-state index in [0.717, 1.165) is 17.7 Å². The Morgan fingerprint density at radius 1 is 1.19 bits per heavy atom. The molecule has 0 spiro atoms. The first kappa shape index (κ1) is 14.0. The fraction of sp³-hybridized carbons (Fsp3) is 0.375. The monoisotopic (exact) mass is 285 g/mol. The van der Waals surface area contributed by atoms with E-state index in [0.29, 0.717) is 24.4 Å². The number of hydrogen-bond acceptors (Lipinski definition) is 5. The zero-order chi connectivity index (χ0) is 14.5. The quantitative estimate of drug-likeness (QED) is 0.847. The smallest absolute Gasteiger partial charge is 0.321 e. The predicted molar refractivity (Wildman–Crippen MR) is 79.1 cm³/mol. The molecule has 0 atom stereocenters. The molecule has 110 valence electrons. The van der Waals surface area contributed by atoms with Gasteiger partial charge in [0.05, 0.1) is 6.61 Å². The van der Waals surface area contributed by atoms with E-state index in [1.165, 1.54) is 12.8 Å². The Bertz CT molecular complexity index is 582. The number of benzene rings is 1. The second-order valence-electron chi connectivity index (χ2n) is 5.21. The van der Waals surface area contributed by atoms with E-state index >= 15 is 0 Å². The number of rotatable bonds is 7. The van der Waals surface area contributed by atoms with Gasteiger partial charge in [-0.25, -0.2) is 9.97 Å². The molecule has 0 saturated heterocycles. The largest absolute Gasteiger partial charge is 0.424 e. The molecule has 0 bridgehead atoms. The van der Waals surface area contributed by atoms with Crippen LogP contribution in [0.5, 0.6) is 11.8 Å². The zero-order valence-corrected chi connectivity index (χ0v) is 12.1. The maximum atomic E-state index is 5.66. The number of ether oxygens (including phenoxy) is 2. The van der Waals surface area contributed by atoms with E-state index in [1.54, 1.807) is 19.5 Å². The minimum absolute atomic E-state index is 0.361. The lowest BCUT2D eigenvalue weighted by Gasteiger charge is -2.07. The summed E-state index contributed by atoms with van der Waals surface area (Å²) in [5.41, 5.74) is 2.13. The van der Waals surface area contributed by atoms with E-state index in [9.17, 15) is 0 Å². The first-order chi connectivity index (χ1) is 10.3. The van der Waals surface area contributed by atoms with Crippen LogP contribution in [-0.4, -0.2) is 23.1 Å². The topological polar surface area (TPSA) is 56.3 Å². The van der Waals surface area contributed by atoms with Crippen molar-refractivity contribution in [1.29, 1.82) is 0 Å². The Hall–Kier alpha value is -1.98. The molecule has 0 unspecified atom stereocenters. The molecule has 1 aromatic carbocycles. The molecule has 1 saturated carbocycles. The van der Waals surface area contributed by atoms with E-state index in [-0.39, 0.29) is 0 Å². The SMILES string of the molecule is COCc1cccc(Oc2ncc(CNC3CC3)cn2)c1. The third-order valence-electron chi connectivity index (χ3n) is 3.27. The second-order valence-corrected chi connectivity index (χ2v) is 5.21. The first-order valence-corrected chi connectivity index (χ1v) is 7.13. The van der Waals surface area contributed by atoms with Gasteiger partial charge >= 0.3 is 6.01 Å². The second kappa shape index (κ2) is 6.65. The van der Waals surface area contributed by atoms with Gasteiger partial charge < -0.3 is 14.8 Å². The van der Waals surface area contributed by atoms with Crippen LogP contribution >= 0.6 is 0 Å². The minimum Gasteiger partial charge on any atom is -0.424 e. The molecule has 0 aliphatic heterocycles. The maximum absolute atomic E-state index is 5.66. The molecular formula is C16H19N3O2. The molecule has 2 aromatic rings. The molecule has 1 N–H and O–H groups in total. The molecule has 5 nitrogen and oxygen atoms in total. The predicted octanol–water partition coefficient (Wildman–Crippen LogP) is 2.67. The summed E-state index contributed by atoms with van der Waals surface area (Å²) >= 11 is 0. The van der Waals surface area contributed by atoms with E-state index < -0.39 is 0 Å². The van der Waals surface area contributed by atoms with Crippen molar-refractivity contribution < 1.29 is 9.47 Å². The standard InChI is InChI=1S/C16H19N3O2/c1-20-11-12-3-2-4-15(7-12)21-16-18-9-13(10-19-16)8-17-14-5-6-14/h2-4,7,9-10,14,17H,5-6,8,11H2,1H3. The van der Waals surface area contributed by atoms with Crippen LogP contribution in [0.2, 0.25) is 0 Å². The Kier molecular flexibility index (Phi) is 4.43. The maximum Gasteiger partial charge on any atom is 0.321 e. The summed E-state index contributed by atoms with van der Waals surface area (Å²) in [6.45, 7) is 1.37. The van der Waals surface area contributed by atoms with Crippen LogP contribution < -0.4 is 10.1 Å². The number of methoxy groups -OCH3 is 1. The van der Waals surface area contributed by atoms with Crippen LogP contribution in [0.3, 0.4) is 0 Å². The molecule has 5 heteroatoms. The Balaban J connectivity index is 1.59. The van der Waals surface area contributed by atoms with Crippen LogP contribution in [0.15, 0.2) is 36.7 Å². The van der Waals surface area contributed by atoms with Gasteiger partial charge in [0.1, 0.15) is 5.75 Å². The van der Waals surface area contributed by atoms with Crippen molar-refractivity contribution in [2.75, 3.05) is 7.11 Å². The molecule has 0 radical (unpaired) electrons. The van der Waals surface area contributed by atoms with Gasteiger partial charge in [-0.2, -0.15) is 0 Å². The Labute approximate surface area is 124 Å². The fourth-order valence-electron chi connectivity index (χ4n) is 2.01. The van der Waals surface area contributed by atoms with Crippen molar-refractivity contribution in [1.82, 2.24) is 15.3 Å². The summed E-state index contributed by atoms with van der Waals surface area (Å²) in [5.74, 6) is 0.716. The number of nitrogens with one attached hydrogen (secondary N) is 1. The normalized spacial score (nSPS) is 14.1. The van der Waals surface area contributed by atoms with Crippen LogP contribution in [-0.2, 0) is 17.9 Å². The minimum atomic E-state index is 0.361. The summed E-state index contributed by atoms with van der Waals surface area (Å²) in [5, 5.41) is 3.43. The molecule has 1 aliphatic rings. The molecule has 21 heavy (non-hydrogen) atoms. The molecular weight excluding hydrogens is 266 g/mol. The number of hydrogen-bond donors (Lipinski definition) is 1. The average Bonchev–Trinajstić information content (AvgIpc) is 3.32. The fourth-order valence-corrected chi connectivity index (χ4v) is 2.01. The highest BCUT2D eigenvalue weighted by Crippen LogP contribution is 2.20. The van der Waals surface area contributed by atoms with Crippen LogP contribution in [0, 0.1) is 0 Å². The number of nitrogens with zero attached hydrogens (tertiary/aromatic N) is 2. The molecule has 1 heterocycles. The summed E-state index contributed by atoms with van der Waals surface area (Å²) < 4.78 is 10.8. The van der Waals surface area contributed by atoms with Gasteiger partial charge in [0.2, 0.25) is 0 Å². The molecule has 1 aliphatic carbocycles. The zero-order valence-electron chi connectivity index (χ0n) is 12.1. The van der Waals surface area contributed by atoms with Crippen LogP contribution in [0.4, 0.5) is 0 Å².